The maximum Gasteiger partial charge on any atom is 0.224 e. The number of amides is 2. The molecule has 5 heteroatoms. The Morgan fingerprint density at radius 2 is 1.93 bits per heavy atom. The normalized spacial score (nSPS) is 23.5. The Morgan fingerprint density at radius 1 is 1.17 bits per heavy atom. The summed E-state index contributed by atoms with van der Waals surface area (Å²) in [6.45, 7) is 5.48. The van der Waals surface area contributed by atoms with Crippen LogP contribution in [0.2, 0.25) is 0 Å². The lowest BCUT2D eigenvalue weighted by Gasteiger charge is -2.42. The molecule has 2 aromatic carbocycles. The second-order valence-electron chi connectivity index (χ2n) is 8.53. The van der Waals surface area contributed by atoms with E-state index in [4.69, 9.17) is 4.74 Å². The van der Waals surface area contributed by atoms with Gasteiger partial charge in [-0.25, -0.2) is 0 Å². The second-order valence-corrected chi connectivity index (χ2v) is 8.53. The third kappa shape index (κ3) is 4.35. The van der Waals surface area contributed by atoms with Crippen molar-refractivity contribution in [2.45, 2.75) is 57.6 Å². The van der Waals surface area contributed by atoms with Gasteiger partial charge in [0.05, 0.1) is 12.5 Å². The van der Waals surface area contributed by atoms with Crippen LogP contribution in [-0.4, -0.2) is 35.4 Å². The number of likely N-dealkylation sites (tertiary alicyclic amines) is 1. The first-order valence-corrected chi connectivity index (χ1v) is 10.9. The average Bonchev–Trinajstić information content (AvgIpc) is 2.88. The molecule has 0 unspecified atom stereocenters. The molecule has 2 aromatic rings. The smallest absolute Gasteiger partial charge is 0.224 e. The molecule has 5 nitrogen and oxygen atoms in total. The number of carbonyl (C=O) groups excluding carboxylic acids is 2. The van der Waals surface area contributed by atoms with Gasteiger partial charge in [-0.05, 0) is 31.9 Å². The zero-order chi connectivity index (χ0) is 21.1. The Morgan fingerprint density at radius 3 is 2.70 bits per heavy atom. The van der Waals surface area contributed by atoms with Gasteiger partial charge in [0.15, 0.2) is 0 Å². The molecule has 2 aliphatic heterocycles. The van der Waals surface area contributed by atoms with E-state index >= 15 is 0 Å². The molecule has 0 aromatic heterocycles. The van der Waals surface area contributed by atoms with Crippen LogP contribution < -0.4 is 10.1 Å². The molecule has 30 heavy (non-hydrogen) atoms. The number of ether oxygens (including phenoxy) is 1. The molecule has 0 radical (unpaired) electrons. The lowest BCUT2D eigenvalue weighted by molar-refractivity contribution is -0.130. The van der Waals surface area contributed by atoms with Crippen LogP contribution in [0.5, 0.6) is 5.75 Å². The maximum atomic E-state index is 12.9. The minimum Gasteiger partial charge on any atom is -0.487 e. The van der Waals surface area contributed by atoms with Gasteiger partial charge in [0.1, 0.15) is 11.4 Å². The maximum absolute atomic E-state index is 12.9. The molecule has 1 saturated heterocycles. The average molecular weight is 407 g/mol. The van der Waals surface area contributed by atoms with Gasteiger partial charge >= 0.3 is 0 Å². The monoisotopic (exact) mass is 406 g/mol. The van der Waals surface area contributed by atoms with E-state index in [1.807, 2.05) is 67.3 Å². The molecule has 1 fully saturated rings. The number of rotatable bonds is 4. The Balaban J connectivity index is 1.53. The van der Waals surface area contributed by atoms with Crippen molar-refractivity contribution in [3.8, 4) is 5.75 Å². The van der Waals surface area contributed by atoms with Crippen LogP contribution in [0.4, 0.5) is 0 Å². The minimum absolute atomic E-state index is 0.00980. The summed E-state index contributed by atoms with van der Waals surface area (Å²) in [6.07, 6.45) is 3.00. The number of hydrogen-bond acceptors (Lipinski definition) is 3. The second kappa shape index (κ2) is 8.50. The molecule has 0 bridgehead atoms. The summed E-state index contributed by atoms with van der Waals surface area (Å²) >= 11 is 0. The van der Waals surface area contributed by atoms with Gasteiger partial charge in [0, 0.05) is 37.9 Å². The van der Waals surface area contributed by atoms with Crippen LogP contribution in [0.1, 0.15) is 55.3 Å². The third-order valence-corrected chi connectivity index (χ3v) is 6.38. The topological polar surface area (TPSA) is 58.6 Å². The van der Waals surface area contributed by atoms with Gasteiger partial charge in [-0.3, -0.25) is 9.59 Å². The number of para-hydroxylation sites is 1. The van der Waals surface area contributed by atoms with E-state index in [1.54, 1.807) is 0 Å². The van der Waals surface area contributed by atoms with Gasteiger partial charge in [-0.1, -0.05) is 48.0 Å². The quantitative estimate of drug-likeness (QED) is 0.836. The Hall–Kier alpha value is -2.82. The van der Waals surface area contributed by atoms with E-state index in [-0.39, 0.29) is 17.9 Å². The van der Waals surface area contributed by atoms with Crippen molar-refractivity contribution in [2.24, 2.45) is 0 Å². The summed E-state index contributed by atoms with van der Waals surface area (Å²) in [5.74, 6) is 1.02. The third-order valence-electron chi connectivity index (χ3n) is 6.38. The number of nitrogens with zero attached hydrogens (tertiary/aromatic N) is 1. The molecular weight excluding hydrogens is 376 g/mol. The fourth-order valence-electron chi connectivity index (χ4n) is 4.61. The van der Waals surface area contributed by atoms with Crippen molar-refractivity contribution in [1.29, 1.82) is 0 Å². The van der Waals surface area contributed by atoms with Crippen LogP contribution in [0.3, 0.4) is 0 Å². The number of fused-ring (bicyclic) bond motifs is 1. The van der Waals surface area contributed by atoms with Gasteiger partial charge in [-0.15, -0.1) is 0 Å². The van der Waals surface area contributed by atoms with Gasteiger partial charge in [-0.2, -0.15) is 0 Å². The first kappa shape index (κ1) is 20.5. The molecule has 2 heterocycles. The van der Waals surface area contributed by atoms with Crippen LogP contribution in [0.15, 0.2) is 48.5 Å². The Labute approximate surface area is 178 Å². The summed E-state index contributed by atoms with van der Waals surface area (Å²) < 4.78 is 6.49. The number of aryl methyl sites for hydroxylation is 1. The van der Waals surface area contributed by atoms with Gasteiger partial charge < -0.3 is 15.0 Å². The van der Waals surface area contributed by atoms with E-state index in [0.29, 0.717) is 32.2 Å². The molecule has 0 saturated carbocycles. The predicted octanol–water partition coefficient (Wildman–Crippen LogP) is 3.95. The molecule has 4 rings (SSSR count). The molecule has 2 amide bonds. The van der Waals surface area contributed by atoms with Crippen LogP contribution in [0.25, 0.3) is 0 Å². The summed E-state index contributed by atoms with van der Waals surface area (Å²) in [6, 6.07) is 15.9. The SMILES string of the molecule is CCN1CC[C@]2(CCC1=O)C[C@@H](NC(=O)Cc1ccc(C)cc1)c1ccccc1O2. The molecule has 1 spiro atoms. The van der Waals surface area contributed by atoms with Crippen LogP contribution in [-0.2, 0) is 16.0 Å². The van der Waals surface area contributed by atoms with E-state index in [0.717, 1.165) is 29.8 Å². The van der Waals surface area contributed by atoms with E-state index < -0.39 is 5.60 Å². The van der Waals surface area contributed by atoms with Crippen LogP contribution >= 0.6 is 0 Å². The highest BCUT2D eigenvalue weighted by Crippen LogP contribution is 2.44. The summed E-state index contributed by atoms with van der Waals surface area (Å²) in [4.78, 5) is 27.2. The largest absolute Gasteiger partial charge is 0.487 e. The lowest BCUT2D eigenvalue weighted by atomic mass is 9.82. The zero-order valence-corrected chi connectivity index (χ0v) is 17.8. The molecule has 2 atom stereocenters. The summed E-state index contributed by atoms with van der Waals surface area (Å²) in [7, 11) is 0. The standard InChI is InChI=1S/C25H30N2O3/c1-3-27-15-14-25(13-12-24(27)29)17-21(20-6-4-5-7-22(20)30-25)26-23(28)16-19-10-8-18(2)9-11-19/h4-11,21H,3,12-17H2,1-2H3,(H,26,28)/t21-,25-/m1/s1. The lowest BCUT2D eigenvalue weighted by Crippen LogP contribution is -2.46. The fourth-order valence-corrected chi connectivity index (χ4v) is 4.61. The molecular formula is C25H30N2O3. The molecule has 158 valence electrons. The Kier molecular flexibility index (Phi) is 5.80. The Bertz CT molecular complexity index is 924. The van der Waals surface area contributed by atoms with Crippen molar-refractivity contribution >= 4 is 11.8 Å². The van der Waals surface area contributed by atoms with E-state index in [2.05, 4.69) is 5.32 Å². The van der Waals surface area contributed by atoms with Crippen molar-refractivity contribution in [3.63, 3.8) is 0 Å². The highest BCUT2D eigenvalue weighted by Gasteiger charge is 2.43. The molecule has 0 aliphatic carbocycles. The van der Waals surface area contributed by atoms with Gasteiger partial charge in [0.25, 0.3) is 0 Å². The van der Waals surface area contributed by atoms with E-state index in [1.165, 1.54) is 5.56 Å². The summed E-state index contributed by atoms with van der Waals surface area (Å²) in [5, 5.41) is 3.25. The van der Waals surface area contributed by atoms with Crippen molar-refractivity contribution in [1.82, 2.24) is 10.2 Å². The number of carbonyl (C=O) groups is 2. The number of hydrogen-bond donors (Lipinski definition) is 1. The first-order chi connectivity index (χ1) is 14.5. The summed E-state index contributed by atoms with van der Waals surface area (Å²) in [5.41, 5.74) is 2.79. The van der Waals surface area contributed by atoms with Crippen molar-refractivity contribution in [3.05, 3.63) is 65.2 Å². The molecule has 2 aliphatic rings. The zero-order valence-electron chi connectivity index (χ0n) is 17.8. The minimum atomic E-state index is -0.421. The number of benzene rings is 2. The molecule has 1 N–H and O–H groups in total. The highest BCUT2D eigenvalue weighted by molar-refractivity contribution is 5.79. The van der Waals surface area contributed by atoms with Crippen molar-refractivity contribution < 1.29 is 14.3 Å². The van der Waals surface area contributed by atoms with Gasteiger partial charge in [0.2, 0.25) is 11.8 Å². The van der Waals surface area contributed by atoms with Crippen molar-refractivity contribution in [2.75, 3.05) is 13.1 Å². The highest BCUT2D eigenvalue weighted by atomic mass is 16.5. The first-order valence-electron chi connectivity index (χ1n) is 10.9. The van der Waals surface area contributed by atoms with E-state index in [9.17, 15) is 9.59 Å². The van der Waals surface area contributed by atoms with Crippen LogP contribution in [0, 0.1) is 6.92 Å². The fraction of sp³-hybridized carbons (Fsp3) is 0.440. The predicted molar refractivity (Wildman–Crippen MR) is 116 cm³/mol. The number of nitrogens with one attached hydrogen (secondary N) is 1.